The third-order valence-electron chi connectivity index (χ3n) is 3.47. The summed E-state index contributed by atoms with van der Waals surface area (Å²) < 4.78 is 63.9. The first-order valence-corrected chi connectivity index (χ1v) is 8.57. The molecule has 0 saturated carbocycles. The first-order valence-electron chi connectivity index (χ1n) is 7.03. The summed E-state index contributed by atoms with van der Waals surface area (Å²) in [5.41, 5.74) is -0.631. The number of para-hydroxylation sites is 1. The van der Waals surface area contributed by atoms with Crippen LogP contribution in [0.2, 0.25) is 0 Å². The van der Waals surface area contributed by atoms with Gasteiger partial charge in [0.1, 0.15) is 4.90 Å². The predicted octanol–water partition coefficient (Wildman–Crippen LogP) is 3.21. The number of hydrogen-bond acceptors (Lipinski definition) is 3. The molecule has 0 unspecified atom stereocenters. The van der Waals surface area contributed by atoms with Crippen molar-refractivity contribution in [2.75, 3.05) is 0 Å². The third-order valence-corrected chi connectivity index (χ3v) is 4.43. The number of nitrogens with two attached hydrogens (primary N) is 1. The average molecular weight is 367 g/mol. The molecule has 0 amide bonds. The van der Waals surface area contributed by atoms with Crippen molar-refractivity contribution in [3.8, 4) is 16.9 Å². The summed E-state index contributed by atoms with van der Waals surface area (Å²) in [6.07, 6.45) is -4.68. The SMILES string of the molecule is NS(=O)(=O)c1ccccc1-n1nc(C(F)(F)F)cc1-c1ccccc1. The highest BCUT2D eigenvalue weighted by molar-refractivity contribution is 7.89. The zero-order valence-corrected chi connectivity index (χ0v) is 13.4. The Morgan fingerprint density at radius 1 is 0.960 bits per heavy atom. The highest BCUT2D eigenvalue weighted by Crippen LogP contribution is 2.34. The molecule has 0 atom stereocenters. The molecule has 1 heterocycles. The van der Waals surface area contributed by atoms with E-state index in [1.165, 1.54) is 24.3 Å². The summed E-state index contributed by atoms with van der Waals surface area (Å²) in [5.74, 6) is 0. The zero-order chi connectivity index (χ0) is 18.2. The van der Waals surface area contributed by atoms with Gasteiger partial charge in [-0.1, -0.05) is 42.5 Å². The van der Waals surface area contributed by atoms with Gasteiger partial charge in [0.05, 0.1) is 11.4 Å². The highest BCUT2D eigenvalue weighted by Gasteiger charge is 2.35. The van der Waals surface area contributed by atoms with Gasteiger partial charge in [0.15, 0.2) is 5.69 Å². The second-order valence-electron chi connectivity index (χ2n) is 5.20. The number of halogens is 3. The van der Waals surface area contributed by atoms with Gasteiger partial charge in [0.2, 0.25) is 10.0 Å². The second kappa shape index (κ2) is 6.01. The van der Waals surface area contributed by atoms with Crippen molar-refractivity contribution in [2.45, 2.75) is 11.1 Å². The largest absolute Gasteiger partial charge is 0.435 e. The van der Waals surface area contributed by atoms with E-state index >= 15 is 0 Å². The van der Waals surface area contributed by atoms with Crippen molar-refractivity contribution in [1.29, 1.82) is 0 Å². The summed E-state index contributed by atoms with van der Waals surface area (Å²) in [6.45, 7) is 0. The van der Waals surface area contributed by atoms with Crippen LogP contribution in [0.25, 0.3) is 16.9 Å². The molecule has 0 bridgehead atoms. The van der Waals surface area contributed by atoms with Gasteiger partial charge in [-0.2, -0.15) is 18.3 Å². The van der Waals surface area contributed by atoms with E-state index in [2.05, 4.69) is 5.10 Å². The Morgan fingerprint density at radius 3 is 2.16 bits per heavy atom. The van der Waals surface area contributed by atoms with Gasteiger partial charge in [-0.3, -0.25) is 0 Å². The van der Waals surface area contributed by atoms with Crippen molar-refractivity contribution < 1.29 is 21.6 Å². The smallest absolute Gasteiger partial charge is 0.231 e. The van der Waals surface area contributed by atoms with Gasteiger partial charge in [0.25, 0.3) is 0 Å². The highest BCUT2D eigenvalue weighted by atomic mass is 32.2. The number of benzene rings is 2. The van der Waals surface area contributed by atoms with Crippen LogP contribution >= 0.6 is 0 Å². The monoisotopic (exact) mass is 367 g/mol. The minimum absolute atomic E-state index is 0.0562. The topological polar surface area (TPSA) is 78.0 Å². The van der Waals surface area contributed by atoms with E-state index in [0.717, 1.165) is 10.7 Å². The number of alkyl halides is 3. The number of nitrogens with zero attached hydrogens (tertiary/aromatic N) is 2. The first-order chi connectivity index (χ1) is 11.7. The van der Waals surface area contributed by atoms with E-state index in [1.54, 1.807) is 30.3 Å². The summed E-state index contributed by atoms with van der Waals surface area (Å²) in [6, 6.07) is 14.6. The van der Waals surface area contributed by atoms with E-state index in [0.29, 0.717) is 5.56 Å². The van der Waals surface area contributed by atoms with Gasteiger partial charge in [-0.25, -0.2) is 18.2 Å². The molecule has 5 nitrogen and oxygen atoms in total. The Balaban J connectivity index is 2.32. The van der Waals surface area contributed by atoms with Crippen LogP contribution < -0.4 is 5.14 Å². The summed E-state index contributed by atoms with van der Waals surface area (Å²) in [5, 5.41) is 8.76. The fourth-order valence-electron chi connectivity index (χ4n) is 2.39. The van der Waals surface area contributed by atoms with Crippen molar-refractivity contribution in [3.05, 3.63) is 66.4 Å². The Bertz CT molecular complexity index is 1010. The number of primary sulfonamides is 1. The molecule has 25 heavy (non-hydrogen) atoms. The van der Waals surface area contributed by atoms with Gasteiger partial charge in [0, 0.05) is 5.56 Å². The maximum absolute atomic E-state index is 13.1. The molecule has 0 aliphatic carbocycles. The van der Waals surface area contributed by atoms with Crippen LogP contribution in [-0.2, 0) is 16.2 Å². The van der Waals surface area contributed by atoms with E-state index in [9.17, 15) is 21.6 Å². The van der Waals surface area contributed by atoms with Crippen LogP contribution in [-0.4, -0.2) is 18.2 Å². The van der Waals surface area contributed by atoms with E-state index in [-0.39, 0.29) is 16.3 Å². The predicted molar refractivity (Wildman–Crippen MR) is 85.4 cm³/mol. The lowest BCUT2D eigenvalue weighted by Crippen LogP contribution is -2.16. The Labute approximate surface area is 141 Å². The lowest BCUT2D eigenvalue weighted by molar-refractivity contribution is -0.141. The van der Waals surface area contributed by atoms with Crippen LogP contribution in [0.15, 0.2) is 65.6 Å². The van der Waals surface area contributed by atoms with E-state index in [1.807, 2.05) is 0 Å². The van der Waals surface area contributed by atoms with Gasteiger partial charge < -0.3 is 0 Å². The standard InChI is InChI=1S/C16H12F3N3O2S/c17-16(18,19)15-10-13(11-6-2-1-3-7-11)22(21-15)12-8-4-5-9-14(12)25(20,23)24/h1-10H,(H2,20,23,24). The Morgan fingerprint density at radius 2 is 1.56 bits per heavy atom. The molecule has 1 aromatic heterocycles. The molecule has 9 heteroatoms. The van der Waals surface area contributed by atoms with Gasteiger partial charge in [-0.05, 0) is 18.2 Å². The molecular weight excluding hydrogens is 355 g/mol. The molecule has 3 aromatic rings. The molecule has 0 aliphatic heterocycles. The second-order valence-corrected chi connectivity index (χ2v) is 6.73. The third kappa shape index (κ3) is 3.42. The molecule has 0 spiro atoms. The molecule has 0 fully saturated rings. The van der Waals surface area contributed by atoms with Crippen LogP contribution in [0.1, 0.15) is 5.69 Å². The first kappa shape index (κ1) is 17.2. The minimum atomic E-state index is -4.68. The fraction of sp³-hybridized carbons (Fsp3) is 0.0625. The normalized spacial score (nSPS) is 12.3. The Kier molecular flexibility index (Phi) is 4.13. The van der Waals surface area contributed by atoms with E-state index < -0.39 is 21.9 Å². The van der Waals surface area contributed by atoms with Crippen molar-refractivity contribution in [1.82, 2.24) is 9.78 Å². The van der Waals surface area contributed by atoms with Gasteiger partial charge in [-0.15, -0.1) is 0 Å². The van der Waals surface area contributed by atoms with Gasteiger partial charge >= 0.3 is 6.18 Å². The summed E-state index contributed by atoms with van der Waals surface area (Å²) in [4.78, 5) is -0.316. The minimum Gasteiger partial charge on any atom is -0.231 e. The molecule has 0 saturated heterocycles. The molecule has 130 valence electrons. The zero-order valence-electron chi connectivity index (χ0n) is 12.6. The van der Waals surface area contributed by atoms with Crippen molar-refractivity contribution >= 4 is 10.0 Å². The summed E-state index contributed by atoms with van der Waals surface area (Å²) >= 11 is 0. The lowest BCUT2D eigenvalue weighted by Gasteiger charge is -2.11. The van der Waals surface area contributed by atoms with Crippen molar-refractivity contribution in [3.63, 3.8) is 0 Å². The number of rotatable bonds is 3. The molecule has 0 radical (unpaired) electrons. The molecular formula is C16H12F3N3O2S. The Hall–Kier alpha value is -2.65. The van der Waals surface area contributed by atoms with E-state index in [4.69, 9.17) is 5.14 Å². The summed E-state index contributed by atoms with van der Waals surface area (Å²) in [7, 11) is -4.15. The molecule has 2 aromatic carbocycles. The lowest BCUT2D eigenvalue weighted by atomic mass is 10.1. The molecule has 3 rings (SSSR count). The maximum Gasteiger partial charge on any atom is 0.435 e. The average Bonchev–Trinajstić information content (AvgIpc) is 3.00. The maximum atomic E-state index is 13.1. The number of sulfonamides is 1. The fourth-order valence-corrected chi connectivity index (χ4v) is 3.10. The van der Waals surface area contributed by atoms with Crippen molar-refractivity contribution in [2.24, 2.45) is 5.14 Å². The number of aromatic nitrogens is 2. The van der Waals surface area contributed by atoms with Crippen LogP contribution in [0.5, 0.6) is 0 Å². The van der Waals surface area contributed by atoms with Crippen LogP contribution in [0.4, 0.5) is 13.2 Å². The molecule has 2 N–H and O–H groups in total. The number of hydrogen-bond donors (Lipinski definition) is 1. The molecule has 0 aliphatic rings. The quantitative estimate of drug-likeness (QED) is 0.772. The van der Waals surface area contributed by atoms with Crippen LogP contribution in [0.3, 0.4) is 0 Å². The van der Waals surface area contributed by atoms with Crippen LogP contribution in [0, 0.1) is 0 Å².